The predicted octanol–water partition coefficient (Wildman–Crippen LogP) is 2.27. The molecule has 3 rings (SSSR count). The van der Waals surface area contributed by atoms with Crippen LogP contribution in [0.4, 0.5) is 5.69 Å². The van der Waals surface area contributed by atoms with E-state index < -0.39 is 10.0 Å². The second-order valence-corrected chi connectivity index (χ2v) is 10.8. The van der Waals surface area contributed by atoms with Gasteiger partial charge in [0.1, 0.15) is 12.4 Å². The lowest BCUT2D eigenvalue weighted by Gasteiger charge is -2.36. The van der Waals surface area contributed by atoms with E-state index in [2.05, 4.69) is 23.5 Å². The largest absolute Gasteiger partial charge is 0.491 e. The molecule has 1 fully saturated rings. The molecule has 1 amide bonds. The van der Waals surface area contributed by atoms with E-state index in [1.165, 1.54) is 12.8 Å². The molecule has 8 nitrogen and oxygen atoms in total. The highest BCUT2D eigenvalue weighted by Crippen LogP contribution is 2.32. The predicted molar refractivity (Wildman–Crippen MR) is 121 cm³/mol. The van der Waals surface area contributed by atoms with Crippen LogP contribution >= 0.6 is 0 Å². The van der Waals surface area contributed by atoms with E-state index in [4.69, 9.17) is 9.47 Å². The van der Waals surface area contributed by atoms with Gasteiger partial charge in [0.15, 0.2) is 0 Å². The molecule has 174 valence electrons. The van der Waals surface area contributed by atoms with Crippen molar-refractivity contribution in [3.63, 3.8) is 0 Å². The smallest absolute Gasteiger partial charge is 0.257 e. The first kappa shape index (κ1) is 23.8. The molecule has 0 spiro atoms. The second kappa shape index (κ2) is 9.75. The van der Waals surface area contributed by atoms with Crippen molar-refractivity contribution in [3.05, 3.63) is 23.8 Å². The fourth-order valence-electron chi connectivity index (χ4n) is 4.02. The molecule has 0 bridgehead atoms. The number of hydrogen-bond donors (Lipinski definition) is 1. The Labute approximate surface area is 185 Å². The Kier molecular flexibility index (Phi) is 7.49. The molecule has 1 heterocycles. The molecule has 31 heavy (non-hydrogen) atoms. The fraction of sp³-hybridized carbons (Fsp3) is 0.682. The van der Waals surface area contributed by atoms with Crippen LogP contribution in [0.25, 0.3) is 0 Å². The van der Waals surface area contributed by atoms with Gasteiger partial charge in [-0.15, -0.1) is 0 Å². The number of likely N-dealkylation sites (N-methyl/N-ethyl adjacent to an activating group) is 1. The number of methoxy groups -OCH3 is 1. The summed E-state index contributed by atoms with van der Waals surface area (Å²) in [5.74, 6) is 1.21. The highest BCUT2D eigenvalue weighted by molar-refractivity contribution is 7.92. The Balaban J connectivity index is 1.93. The van der Waals surface area contributed by atoms with Gasteiger partial charge >= 0.3 is 0 Å². The third kappa shape index (κ3) is 6.57. The quantitative estimate of drug-likeness (QED) is 0.736. The summed E-state index contributed by atoms with van der Waals surface area (Å²) >= 11 is 0. The van der Waals surface area contributed by atoms with E-state index in [1.54, 1.807) is 37.3 Å². The highest BCUT2D eigenvalue weighted by atomic mass is 32.2. The first-order valence-electron chi connectivity index (χ1n) is 10.8. The van der Waals surface area contributed by atoms with Crippen molar-refractivity contribution >= 4 is 21.6 Å². The van der Waals surface area contributed by atoms with Crippen LogP contribution in [0, 0.1) is 11.8 Å². The van der Waals surface area contributed by atoms with Gasteiger partial charge < -0.3 is 14.4 Å². The van der Waals surface area contributed by atoms with Crippen molar-refractivity contribution in [2.24, 2.45) is 11.8 Å². The number of anilines is 1. The molecule has 3 atom stereocenters. The van der Waals surface area contributed by atoms with Crippen LogP contribution in [-0.4, -0.2) is 82.9 Å². The maximum Gasteiger partial charge on any atom is 0.257 e. The fourth-order valence-corrected chi connectivity index (χ4v) is 4.57. The van der Waals surface area contributed by atoms with E-state index in [9.17, 15) is 13.2 Å². The summed E-state index contributed by atoms with van der Waals surface area (Å²) in [6.07, 6.45) is 3.53. The number of sulfonamides is 1. The zero-order chi connectivity index (χ0) is 22.8. The number of carbonyl (C=O) groups is 1. The average Bonchev–Trinajstić information content (AvgIpc) is 3.51. The Bertz CT molecular complexity index is 887. The molecule has 0 aromatic heterocycles. The van der Waals surface area contributed by atoms with Gasteiger partial charge in [-0.25, -0.2) is 8.42 Å². The van der Waals surface area contributed by atoms with Crippen LogP contribution in [0.5, 0.6) is 5.75 Å². The van der Waals surface area contributed by atoms with Gasteiger partial charge in [0.2, 0.25) is 10.0 Å². The van der Waals surface area contributed by atoms with Gasteiger partial charge in [-0.3, -0.25) is 14.4 Å². The van der Waals surface area contributed by atoms with Crippen LogP contribution in [0.3, 0.4) is 0 Å². The third-order valence-corrected chi connectivity index (χ3v) is 6.67. The topological polar surface area (TPSA) is 88.2 Å². The van der Waals surface area contributed by atoms with E-state index in [1.807, 2.05) is 0 Å². The number of rotatable bonds is 5. The van der Waals surface area contributed by atoms with Crippen LogP contribution in [0.15, 0.2) is 18.2 Å². The van der Waals surface area contributed by atoms with Crippen molar-refractivity contribution in [2.75, 3.05) is 51.4 Å². The number of nitrogens with zero attached hydrogens (tertiary/aromatic N) is 2. The summed E-state index contributed by atoms with van der Waals surface area (Å²) in [6, 6.07) is 4.99. The molecule has 1 saturated carbocycles. The lowest BCUT2D eigenvalue weighted by molar-refractivity contribution is 0.00994. The molecule has 0 saturated heterocycles. The van der Waals surface area contributed by atoms with E-state index >= 15 is 0 Å². The standard InChI is InChI=1S/C22H35N3O5S/c1-15-11-25(12-17-6-7-17)16(2)14-30-20-9-8-18(23-31(5,27)28)10-19(20)22(26)24(3)13-21(15)29-4/h8-10,15-17,21,23H,6-7,11-14H2,1-5H3/t15-,16+,21-/m0/s1. The molecule has 1 aromatic rings. The van der Waals surface area contributed by atoms with Crippen molar-refractivity contribution in [1.82, 2.24) is 9.80 Å². The minimum Gasteiger partial charge on any atom is -0.491 e. The molecule has 0 unspecified atom stereocenters. The van der Waals surface area contributed by atoms with Gasteiger partial charge in [0.25, 0.3) is 5.91 Å². The third-order valence-electron chi connectivity index (χ3n) is 6.07. The molecule has 0 radical (unpaired) electrons. The first-order chi connectivity index (χ1) is 14.6. The summed E-state index contributed by atoms with van der Waals surface area (Å²) < 4.78 is 37.6. The number of fused-ring (bicyclic) bond motifs is 1. The first-order valence-corrected chi connectivity index (χ1v) is 12.7. The summed E-state index contributed by atoms with van der Waals surface area (Å²) in [7, 11) is -0.0391. The Morgan fingerprint density at radius 2 is 1.94 bits per heavy atom. The van der Waals surface area contributed by atoms with Crippen molar-refractivity contribution < 1.29 is 22.7 Å². The molecule has 1 aliphatic carbocycles. The summed E-state index contributed by atoms with van der Waals surface area (Å²) in [5, 5.41) is 0. The minimum atomic E-state index is -3.46. The number of amides is 1. The van der Waals surface area contributed by atoms with Gasteiger partial charge in [-0.05, 0) is 49.8 Å². The zero-order valence-electron chi connectivity index (χ0n) is 19.1. The van der Waals surface area contributed by atoms with Gasteiger partial charge in [-0.1, -0.05) is 6.92 Å². The van der Waals surface area contributed by atoms with Crippen molar-refractivity contribution in [3.8, 4) is 5.75 Å². The summed E-state index contributed by atoms with van der Waals surface area (Å²) in [5.41, 5.74) is 0.666. The van der Waals surface area contributed by atoms with Gasteiger partial charge in [0, 0.05) is 45.5 Å². The maximum absolute atomic E-state index is 13.2. The minimum absolute atomic E-state index is 0.107. The lowest BCUT2D eigenvalue weighted by Crippen LogP contribution is -2.47. The van der Waals surface area contributed by atoms with Crippen LogP contribution in [0.2, 0.25) is 0 Å². The van der Waals surface area contributed by atoms with Crippen molar-refractivity contribution in [2.45, 2.75) is 38.8 Å². The monoisotopic (exact) mass is 453 g/mol. The van der Waals surface area contributed by atoms with Gasteiger partial charge in [-0.2, -0.15) is 0 Å². The highest BCUT2D eigenvalue weighted by Gasteiger charge is 2.31. The lowest BCUT2D eigenvalue weighted by atomic mass is 10.0. The Morgan fingerprint density at radius 3 is 2.55 bits per heavy atom. The van der Waals surface area contributed by atoms with Crippen LogP contribution in [-0.2, 0) is 14.8 Å². The maximum atomic E-state index is 13.2. The van der Waals surface area contributed by atoms with E-state index in [0.717, 1.165) is 25.3 Å². The Hall–Kier alpha value is -1.84. The van der Waals surface area contributed by atoms with E-state index in [-0.39, 0.29) is 24.0 Å². The molecule has 1 N–H and O–H groups in total. The molecule has 2 aliphatic rings. The SMILES string of the molecule is CO[C@H]1CN(C)C(=O)c2cc(NS(C)(=O)=O)ccc2OC[C@@H](C)N(CC2CC2)C[C@@H]1C. The van der Waals surface area contributed by atoms with E-state index in [0.29, 0.717) is 30.2 Å². The molecule has 1 aromatic carbocycles. The molecule has 1 aliphatic heterocycles. The summed E-state index contributed by atoms with van der Waals surface area (Å²) in [6.45, 7) is 7.12. The number of benzene rings is 1. The number of carbonyl (C=O) groups excluding carboxylic acids is 1. The Morgan fingerprint density at radius 1 is 1.23 bits per heavy atom. The number of nitrogens with one attached hydrogen (secondary N) is 1. The number of hydrogen-bond acceptors (Lipinski definition) is 6. The zero-order valence-corrected chi connectivity index (χ0v) is 19.9. The van der Waals surface area contributed by atoms with Crippen LogP contribution in [0.1, 0.15) is 37.0 Å². The normalized spacial score (nSPS) is 26.4. The molecular weight excluding hydrogens is 418 g/mol. The molecule has 9 heteroatoms. The van der Waals surface area contributed by atoms with Gasteiger partial charge in [0.05, 0.1) is 17.9 Å². The second-order valence-electron chi connectivity index (χ2n) is 9.08. The van der Waals surface area contributed by atoms with Crippen LogP contribution < -0.4 is 9.46 Å². The average molecular weight is 454 g/mol. The molecular formula is C22H35N3O5S. The summed E-state index contributed by atoms with van der Waals surface area (Å²) in [4.78, 5) is 17.3. The number of ether oxygens (including phenoxy) is 2. The van der Waals surface area contributed by atoms with Crippen molar-refractivity contribution in [1.29, 1.82) is 0 Å².